The van der Waals surface area contributed by atoms with E-state index < -0.39 is 9.84 Å². The SMILES string of the molecule is CCc1ccccc1Nc1cc(N(C)C2CCS(=O)(=O)C2)ncn1. The first-order valence-corrected chi connectivity index (χ1v) is 9.91. The van der Waals surface area contributed by atoms with Crippen LogP contribution < -0.4 is 10.2 Å². The molecule has 1 fully saturated rings. The van der Waals surface area contributed by atoms with Crippen LogP contribution in [0.15, 0.2) is 36.7 Å². The minimum Gasteiger partial charge on any atom is -0.355 e. The van der Waals surface area contributed by atoms with E-state index in [4.69, 9.17) is 0 Å². The highest BCUT2D eigenvalue weighted by Crippen LogP contribution is 2.25. The Labute approximate surface area is 142 Å². The van der Waals surface area contributed by atoms with E-state index in [1.54, 1.807) is 0 Å². The third-order valence-electron chi connectivity index (χ3n) is 4.43. The van der Waals surface area contributed by atoms with Crippen LogP contribution in [0.4, 0.5) is 17.3 Å². The molecule has 6 nitrogen and oxygen atoms in total. The van der Waals surface area contributed by atoms with E-state index in [-0.39, 0.29) is 17.5 Å². The van der Waals surface area contributed by atoms with Crippen LogP contribution in [0.2, 0.25) is 0 Å². The zero-order chi connectivity index (χ0) is 17.2. The van der Waals surface area contributed by atoms with Gasteiger partial charge in [-0.1, -0.05) is 25.1 Å². The molecule has 0 bridgehead atoms. The van der Waals surface area contributed by atoms with Gasteiger partial charge in [0, 0.05) is 24.8 Å². The number of para-hydroxylation sites is 1. The van der Waals surface area contributed by atoms with Crippen molar-refractivity contribution in [2.75, 3.05) is 28.8 Å². The van der Waals surface area contributed by atoms with E-state index in [2.05, 4.69) is 28.3 Å². The van der Waals surface area contributed by atoms with Gasteiger partial charge in [0.15, 0.2) is 9.84 Å². The molecule has 1 saturated heterocycles. The Balaban J connectivity index is 1.79. The number of sulfone groups is 1. The maximum absolute atomic E-state index is 11.7. The van der Waals surface area contributed by atoms with Gasteiger partial charge in [-0.2, -0.15) is 0 Å². The zero-order valence-electron chi connectivity index (χ0n) is 13.9. The molecule has 128 valence electrons. The second kappa shape index (κ2) is 6.76. The highest BCUT2D eigenvalue weighted by atomic mass is 32.2. The van der Waals surface area contributed by atoms with Gasteiger partial charge in [-0.3, -0.25) is 0 Å². The van der Waals surface area contributed by atoms with Crippen LogP contribution in [0, 0.1) is 0 Å². The van der Waals surface area contributed by atoms with E-state index in [1.807, 2.05) is 36.2 Å². The molecule has 2 heterocycles. The molecule has 1 aliphatic rings. The molecule has 3 rings (SSSR count). The number of hydrogen-bond acceptors (Lipinski definition) is 6. The van der Waals surface area contributed by atoms with E-state index >= 15 is 0 Å². The van der Waals surface area contributed by atoms with Crippen molar-refractivity contribution in [2.24, 2.45) is 0 Å². The lowest BCUT2D eigenvalue weighted by Gasteiger charge is -2.24. The highest BCUT2D eigenvalue weighted by Gasteiger charge is 2.31. The fourth-order valence-electron chi connectivity index (χ4n) is 2.96. The Kier molecular flexibility index (Phi) is 4.71. The van der Waals surface area contributed by atoms with Crippen molar-refractivity contribution in [2.45, 2.75) is 25.8 Å². The Morgan fingerprint density at radius 2 is 2.08 bits per heavy atom. The first-order valence-electron chi connectivity index (χ1n) is 8.09. The van der Waals surface area contributed by atoms with Crippen molar-refractivity contribution in [3.8, 4) is 0 Å². The van der Waals surface area contributed by atoms with Gasteiger partial charge in [-0.25, -0.2) is 18.4 Å². The molecule has 1 N–H and O–H groups in total. The molecule has 2 aromatic rings. The lowest BCUT2D eigenvalue weighted by atomic mass is 10.1. The summed E-state index contributed by atoms with van der Waals surface area (Å²) in [6, 6.07) is 9.94. The Hall–Kier alpha value is -2.15. The lowest BCUT2D eigenvalue weighted by molar-refractivity contribution is 0.600. The van der Waals surface area contributed by atoms with Gasteiger partial charge in [0.25, 0.3) is 0 Å². The summed E-state index contributed by atoms with van der Waals surface area (Å²) in [5.41, 5.74) is 2.24. The Morgan fingerprint density at radius 3 is 2.79 bits per heavy atom. The second-order valence-electron chi connectivity index (χ2n) is 6.06. The molecule has 24 heavy (non-hydrogen) atoms. The third-order valence-corrected chi connectivity index (χ3v) is 6.18. The van der Waals surface area contributed by atoms with Crippen LogP contribution in [0.5, 0.6) is 0 Å². The second-order valence-corrected chi connectivity index (χ2v) is 8.29. The van der Waals surface area contributed by atoms with Gasteiger partial charge in [-0.15, -0.1) is 0 Å². The van der Waals surface area contributed by atoms with E-state index in [9.17, 15) is 8.42 Å². The number of anilines is 3. The van der Waals surface area contributed by atoms with Gasteiger partial charge in [-0.05, 0) is 24.5 Å². The molecule has 1 atom stereocenters. The third kappa shape index (κ3) is 3.67. The summed E-state index contributed by atoms with van der Waals surface area (Å²) >= 11 is 0. The van der Waals surface area contributed by atoms with Gasteiger partial charge in [0.05, 0.1) is 11.5 Å². The minimum atomic E-state index is -2.92. The van der Waals surface area contributed by atoms with E-state index in [0.29, 0.717) is 12.2 Å². The molecule has 1 aromatic carbocycles. The topological polar surface area (TPSA) is 75.2 Å². The van der Waals surface area contributed by atoms with Crippen LogP contribution in [-0.4, -0.2) is 43.0 Å². The largest absolute Gasteiger partial charge is 0.355 e. The van der Waals surface area contributed by atoms with Crippen LogP contribution >= 0.6 is 0 Å². The van der Waals surface area contributed by atoms with Crippen molar-refractivity contribution >= 4 is 27.2 Å². The molecule has 1 aliphatic heterocycles. The smallest absolute Gasteiger partial charge is 0.152 e. The summed E-state index contributed by atoms with van der Waals surface area (Å²) in [4.78, 5) is 10.5. The average molecular weight is 346 g/mol. The molecule has 1 unspecified atom stereocenters. The molecule has 1 aromatic heterocycles. The van der Waals surface area contributed by atoms with E-state index in [1.165, 1.54) is 11.9 Å². The Bertz CT molecular complexity index is 823. The van der Waals surface area contributed by atoms with Crippen molar-refractivity contribution in [1.82, 2.24) is 9.97 Å². The standard InChI is InChI=1S/C17H22N4O2S/c1-3-13-6-4-5-7-15(13)20-16-10-17(19-12-18-16)21(2)14-8-9-24(22,23)11-14/h4-7,10,12,14H,3,8-9,11H2,1-2H3,(H,18,19,20). The first-order chi connectivity index (χ1) is 11.5. The van der Waals surface area contributed by atoms with E-state index in [0.717, 1.165) is 17.9 Å². The maximum atomic E-state index is 11.7. The normalized spacial score (nSPS) is 19.2. The fraction of sp³-hybridized carbons (Fsp3) is 0.412. The number of hydrogen-bond donors (Lipinski definition) is 1. The first kappa shape index (κ1) is 16.7. The molecular weight excluding hydrogens is 324 g/mol. The van der Waals surface area contributed by atoms with Gasteiger partial charge in [0.2, 0.25) is 0 Å². The predicted molar refractivity (Wildman–Crippen MR) is 96.6 cm³/mol. The quantitative estimate of drug-likeness (QED) is 0.896. The van der Waals surface area contributed by atoms with Crippen molar-refractivity contribution in [3.63, 3.8) is 0 Å². The van der Waals surface area contributed by atoms with Crippen molar-refractivity contribution in [1.29, 1.82) is 0 Å². The number of aryl methyl sites for hydroxylation is 1. The van der Waals surface area contributed by atoms with Gasteiger partial charge < -0.3 is 10.2 Å². The van der Waals surface area contributed by atoms with Crippen molar-refractivity contribution < 1.29 is 8.42 Å². The fourth-order valence-corrected chi connectivity index (χ4v) is 4.74. The average Bonchev–Trinajstić information content (AvgIpc) is 2.95. The van der Waals surface area contributed by atoms with Crippen LogP contribution in [-0.2, 0) is 16.3 Å². The molecule has 0 aliphatic carbocycles. The maximum Gasteiger partial charge on any atom is 0.152 e. The molecule has 0 amide bonds. The van der Waals surface area contributed by atoms with Crippen LogP contribution in [0.25, 0.3) is 0 Å². The molecular formula is C17H22N4O2S. The molecule has 0 radical (unpaired) electrons. The van der Waals surface area contributed by atoms with Gasteiger partial charge in [0.1, 0.15) is 18.0 Å². The summed E-state index contributed by atoms with van der Waals surface area (Å²) in [6.07, 6.45) is 3.08. The molecule has 0 spiro atoms. The number of nitrogens with one attached hydrogen (secondary N) is 1. The summed E-state index contributed by atoms with van der Waals surface area (Å²) in [7, 11) is -1.03. The number of rotatable bonds is 5. The molecule has 7 heteroatoms. The summed E-state index contributed by atoms with van der Waals surface area (Å²) in [5.74, 6) is 1.87. The monoisotopic (exact) mass is 346 g/mol. The minimum absolute atomic E-state index is 0.0271. The predicted octanol–water partition coefficient (Wildman–Crippen LogP) is 2.41. The lowest BCUT2D eigenvalue weighted by Crippen LogP contribution is -2.33. The number of aromatic nitrogens is 2. The molecule has 0 saturated carbocycles. The summed E-state index contributed by atoms with van der Waals surface area (Å²) in [6.45, 7) is 2.11. The van der Waals surface area contributed by atoms with Crippen molar-refractivity contribution in [3.05, 3.63) is 42.2 Å². The van der Waals surface area contributed by atoms with Crippen LogP contribution in [0.3, 0.4) is 0 Å². The number of nitrogens with zero attached hydrogens (tertiary/aromatic N) is 3. The van der Waals surface area contributed by atoms with Crippen LogP contribution in [0.1, 0.15) is 18.9 Å². The highest BCUT2D eigenvalue weighted by molar-refractivity contribution is 7.91. The number of benzene rings is 1. The summed E-state index contributed by atoms with van der Waals surface area (Å²) in [5, 5.41) is 3.33. The van der Waals surface area contributed by atoms with Gasteiger partial charge >= 0.3 is 0 Å². The Morgan fingerprint density at radius 1 is 1.29 bits per heavy atom. The zero-order valence-corrected chi connectivity index (χ0v) is 14.8. The summed E-state index contributed by atoms with van der Waals surface area (Å²) < 4.78 is 23.4.